The Kier molecular flexibility index (Phi) is 6.76. The molecular weight excluding hydrogens is 228 g/mol. The lowest BCUT2D eigenvalue weighted by atomic mass is 9.84. The lowest BCUT2D eigenvalue weighted by Gasteiger charge is -2.27. The zero-order valence-corrected chi connectivity index (χ0v) is 11.6. The van der Waals surface area contributed by atoms with Crippen molar-refractivity contribution in [1.82, 2.24) is 10.6 Å². The second-order valence-electron chi connectivity index (χ2n) is 5.37. The van der Waals surface area contributed by atoms with Crippen LogP contribution in [-0.2, 0) is 4.79 Å². The van der Waals surface area contributed by atoms with Gasteiger partial charge in [-0.15, -0.1) is 0 Å². The Morgan fingerprint density at radius 2 is 1.94 bits per heavy atom. The smallest absolute Gasteiger partial charge is 0.315 e. The Morgan fingerprint density at radius 3 is 2.50 bits per heavy atom. The van der Waals surface area contributed by atoms with Crippen LogP contribution in [-0.4, -0.2) is 24.4 Å². The fourth-order valence-corrected chi connectivity index (χ4v) is 2.68. The Morgan fingerprint density at radius 1 is 1.28 bits per heavy atom. The van der Waals surface area contributed by atoms with Gasteiger partial charge in [-0.25, -0.2) is 4.79 Å². The Labute approximate surface area is 110 Å². The van der Waals surface area contributed by atoms with Crippen LogP contribution in [0.1, 0.15) is 58.8 Å². The molecule has 0 saturated heterocycles. The van der Waals surface area contributed by atoms with Crippen LogP contribution in [0.25, 0.3) is 0 Å². The number of rotatable bonds is 6. The first-order chi connectivity index (χ1) is 8.67. The molecule has 0 radical (unpaired) electrons. The maximum absolute atomic E-state index is 11.8. The van der Waals surface area contributed by atoms with E-state index < -0.39 is 0 Å². The predicted octanol–water partition coefficient (Wildman–Crippen LogP) is 2.62. The summed E-state index contributed by atoms with van der Waals surface area (Å²) in [6.07, 6.45) is 8.59. The first kappa shape index (κ1) is 15.0. The minimum absolute atomic E-state index is 0.161. The molecule has 0 aromatic carbocycles. The van der Waals surface area contributed by atoms with Gasteiger partial charge in [-0.2, -0.15) is 0 Å². The van der Waals surface area contributed by atoms with E-state index in [9.17, 15) is 9.59 Å². The molecule has 0 aliphatic heterocycles. The molecule has 0 aromatic rings. The molecule has 0 spiro atoms. The third kappa shape index (κ3) is 5.07. The van der Waals surface area contributed by atoms with Crippen LogP contribution in [0.3, 0.4) is 0 Å². The first-order valence-corrected chi connectivity index (χ1v) is 7.19. The largest absolute Gasteiger partial charge is 0.336 e. The quantitative estimate of drug-likeness (QED) is 0.716. The number of aldehydes is 1. The van der Waals surface area contributed by atoms with Gasteiger partial charge in [0.25, 0.3) is 0 Å². The van der Waals surface area contributed by atoms with Gasteiger partial charge >= 0.3 is 6.03 Å². The van der Waals surface area contributed by atoms with Gasteiger partial charge in [0.2, 0.25) is 0 Å². The molecule has 104 valence electrons. The van der Waals surface area contributed by atoms with Crippen LogP contribution in [0.4, 0.5) is 4.79 Å². The molecule has 0 aromatic heterocycles. The van der Waals surface area contributed by atoms with Crippen molar-refractivity contribution in [3.63, 3.8) is 0 Å². The van der Waals surface area contributed by atoms with E-state index in [-0.39, 0.29) is 18.1 Å². The molecule has 4 nitrogen and oxygen atoms in total. The lowest BCUT2D eigenvalue weighted by molar-refractivity contribution is -0.110. The van der Waals surface area contributed by atoms with Crippen molar-refractivity contribution in [2.24, 2.45) is 5.92 Å². The van der Waals surface area contributed by atoms with Crippen molar-refractivity contribution in [2.75, 3.05) is 0 Å². The third-order valence-electron chi connectivity index (χ3n) is 3.70. The van der Waals surface area contributed by atoms with Crippen LogP contribution in [0, 0.1) is 5.92 Å². The summed E-state index contributed by atoms with van der Waals surface area (Å²) in [6, 6.07) is -0.369. The molecule has 1 aliphatic carbocycles. The van der Waals surface area contributed by atoms with Gasteiger partial charge in [-0.3, -0.25) is 0 Å². The summed E-state index contributed by atoms with van der Waals surface area (Å²) in [6.45, 7) is 4.08. The van der Waals surface area contributed by atoms with Gasteiger partial charge in [0.15, 0.2) is 0 Å². The highest BCUT2D eigenvalue weighted by molar-refractivity contribution is 5.78. The molecule has 2 amide bonds. The molecule has 18 heavy (non-hydrogen) atoms. The number of carbonyl (C=O) groups excluding carboxylic acids is 2. The maximum atomic E-state index is 11.8. The zero-order chi connectivity index (χ0) is 13.4. The van der Waals surface area contributed by atoms with E-state index in [0.29, 0.717) is 5.92 Å². The van der Waals surface area contributed by atoms with Crippen LogP contribution in [0.5, 0.6) is 0 Å². The highest BCUT2D eigenvalue weighted by Gasteiger charge is 2.24. The number of amides is 2. The molecule has 2 unspecified atom stereocenters. The number of nitrogens with one attached hydrogen (secondary N) is 2. The van der Waals surface area contributed by atoms with Gasteiger partial charge < -0.3 is 15.4 Å². The van der Waals surface area contributed by atoms with Gasteiger partial charge in [0, 0.05) is 6.04 Å². The summed E-state index contributed by atoms with van der Waals surface area (Å²) < 4.78 is 0. The van der Waals surface area contributed by atoms with Crippen LogP contribution < -0.4 is 10.6 Å². The summed E-state index contributed by atoms with van der Waals surface area (Å²) in [5.41, 5.74) is 0. The number of hydrogen-bond acceptors (Lipinski definition) is 2. The van der Waals surface area contributed by atoms with Gasteiger partial charge in [-0.05, 0) is 32.1 Å². The third-order valence-corrected chi connectivity index (χ3v) is 3.70. The van der Waals surface area contributed by atoms with Crippen LogP contribution in [0.2, 0.25) is 0 Å². The van der Waals surface area contributed by atoms with Crippen molar-refractivity contribution < 1.29 is 9.59 Å². The summed E-state index contributed by atoms with van der Waals surface area (Å²) in [4.78, 5) is 22.9. The molecule has 4 heteroatoms. The van der Waals surface area contributed by atoms with Crippen molar-refractivity contribution in [2.45, 2.75) is 70.9 Å². The molecule has 1 saturated carbocycles. The van der Waals surface area contributed by atoms with Crippen molar-refractivity contribution in [3.05, 3.63) is 0 Å². The zero-order valence-electron chi connectivity index (χ0n) is 11.6. The van der Waals surface area contributed by atoms with Crippen molar-refractivity contribution >= 4 is 12.3 Å². The Bertz CT molecular complexity index is 263. The van der Waals surface area contributed by atoms with E-state index in [2.05, 4.69) is 17.6 Å². The predicted molar refractivity (Wildman–Crippen MR) is 72.5 cm³/mol. The van der Waals surface area contributed by atoms with Crippen LogP contribution in [0.15, 0.2) is 0 Å². The number of hydrogen-bond donors (Lipinski definition) is 2. The fraction of sp³-hybridized carbons (Fsp3) is 0.857. The van der Waals surface area contributed by atoms with Crippen molar-refractivity contribution in [1.29, 1.82) is 0 Å². The summed E-state index contributed by atoms with van der Waals surface area (Å²) >= 11 is 0. The van der Waals surface area contributed by atoms with Gasteiger partial charge in [-0.1, -0.05) is 32.6 Å². The van der Waals surface area contributed by atoms with E-state index in [4.69, 9.17) is 0 Å². The molecule has 1 aliphatic rings. The second kappa shape index (κ2) is 8.11. The molecule has 0 heterocycles. The standard InChI is InChI=1S/C14H26N2O2/c1-3-7-11(2)15-14(18)16-13(10-17)12-8-5-4-6-9-12/h10-13H,3-9H2,1-2H3,(H2,15,16,18). The van der Waals surface area contributed by atoms with E-state index in [1.165, 1.54) is 19.3 Å². The van der Waals surface area contributed by atoms with E-state index in [1.54, 1.807) is 0 Å². The Hall–Kier alpha value is -1.06. The highest BCUT2D eigenvalue weighted by atomic mass is 16.2. The minimum Gasteiger partial charge on any atom is -0.336 e. The molecule has 1 fully saturated rings. The highest BCUT2D eigenvalue weighted by Crippen LogP contribution is 2.25. The number of urea groups is 1. The monoisotopic (exact) mass is 254 g/mol. The number of carbonyl (C=O) groups is 2. The summed E-state index contributed by atoms with van der Waals surface area (Å²) in [7, 11) is 0. The van der Waals surface area contributed by atoms with E-state index >= 15 is 0 Å². The lowest BCUT2D eigenvalue weighted by Crippen LogP contribution is -2.49. The summed E-state index contributed by atoms with van der Waals surface area (Å²) in [5.74, 6) is 0.323. The average Bonchev–Trinajstić information content (AvgIpc) is 2.37. The normalized spacial score (nSPS) is 19.9. The molecule has 2 N–H and O–H groups in total. The minimum atomic E-state index is -0.320. The van der Waals surface area contributed by atoms with Crippen LogP contribution >= 0.6 is 0 Å². The van der Waals surface area contributed by atoms with E-state index in [1.807, 2.05) is 6.92 Å². The SMILES string of the molecule is CCCC(C)NC(=O)NC(C=O)C1CCCCC1. The molecule has 2 atom stereocenters. The summed E-state index contributed by atoms with van der Waals surface area (Å²) in [5, 5.41) is 5.68. The topological polar surface area (TPSA) is 58.2 Å². The Balaban J connectivity index is 2.37. The second-order valence-corrected chi connectivity index (χ2v) is 5.37. The van der Waals surface area contributed by atoms with E-state index in [0.717, 1.165) is 32.0 Å². The molecular formula is C14H26N2O2. The van der Waals surface area contributed by atoms with Gasteiger partial charge in [0.05, 0.1) is 6.04 Å². The molecule has 0 bridgehead atoms. The fourth-order valence-electron chi connectivity index (χ4n) is 2.68. The molecule has 1 rings (SSSR count). The average molecular weight is 254 g/mol. The van der Waals surface area contributed by atoms with Gasteiger partial charge in [0.1, 0.15) is 6.29 Å². The maximum Gasteiger partial charge on any atom is 0.315 e. The first-order valence-electron chi connectivity index (χ1n) is 7.19. The van der Waals surface area contributed by atoms with Crippen molar-refractivity contribution in [3.8, 4) is 0 Å².